The van der Waals surface area contributed by atoms with Crippen LogP contribution in [-0.2, 0) is 0 Å². The van der Waals surface area contributed by atoms with E-state index >= 15 is 0 Å². The summed E-state index contributed by atoms with van der Waals surface area (Å²) in [4.78, 5) is 8.12. The van der Waals surface area contributed by atoms with Gasteiger partial charge in [0.1, 0.15) is 5.82 Å². The lowest BCUT2D eigenvalue weighted by Gasteiger charge is -2.01. The largest absolute Gasteiger partial charge is 0.368 e. The lowest BCUT2D eigenvalue weighted by Crippen LogP contribution is -1.98. The van der Waals surface area contributed by atoms with Crippen molar-refractivity contribution in [2.24, 2.45) is 5.10 Å². The number of pyridine rings is 1. The Bertz CT molecular complexity index is 806. The minimum atomic E-state index is -0.379. The zero-order valence-corrected chi connectivity index (χ0v) is 10.8. The number of hydrogen-bond acceptors (Lipinski definition) is 4. The number of benzene rings is 1. The highest BCUT2D eigenvalue weighted by molar-refractivity contribution is 5.88. The van der Waals surface area contributed by atoms with Gasteiger partial charge in [-0.15, -0.1) is 0 Å². The second-order valence-corrected chi connectivity index (χ2v) is 4.40. The van der Waals surface area contributed by atoms with Gasteiger partial charge in [-0.3, -0.25) is 4.98 Å². The zero-order chi connectivity index (χ0) is 14.1. The molecule has 3 rings (SSSR count). The van der Waals surface area contributed by atoms with Crippen molar-refractivity contribution in [1.29, 1.82) is 0 Å². The number of hydrogen-bond donors (Lipinski definition) is 1. The Morgan fingerprint density at radius 3 is 3.00 bits per heavy atom. The molecule has 0 saturated carbocycles. The second-order valence-electron chi connectivity index (χ2n) is 4.40. The van der Waals surface area contributed by atoms with Gasteiger partial charge in [0, 0.05) is 23.2 Å². The maximum absolute atomic E-state index is 13.9. The van der Waals surface area contributed by atoms with E-state index in [-0.39, 0.29) is 11.8 Å². The van der Waals surface area contributed by atoms with E-state index < -0.39 is 0 Å². The van der Waals surface area contributed by atoms with Crippen molar-refractivity contribution in [1.82, 2.24) is 14.6 Å². The fourth-order valence-corrected chi connectivity index (χ4v) is 1.93. The molecule has 0 saturated heterocycles. The number of nitrogens with zero attached hydrogens (tertiary/aromatic N) is 4. The first kappa shape index (κ1) is 12.3. The van der Waals surface area contributed by atoms with Gasteiger partial charge in [0.25, 0.3) is 0 Å². The quantitative estimate of drug-likeness (QED) is 0.726. The predicted octanol–water partition coefficient (Wildman–Crippen LogP) is 2.34. The molecule has 0 atom stereocenters. The minimum absolute atomic E-state index is 0.265. The van der Waals surface area contributed by atoms with E-state index in [0.717, 1.165) is 11.1 Å². The van der Waals surface area contributed by atoms with E-state index in [4.69, 9.17) is 5.73 Å². The molecule has 0 amide bonds. The Kier molecular flexibility index (Phi) is 2.90. The first-order valence-electron chi connectivity index (χ1n) is 6.03. The average molecular weight is 269 g/mol. The molecule has 6 heteroatoms. The highest BCUT2D eigenvalue weighted by atomic mass is 19.1. The molecule has 0 spiro atoms. The first-order chi connectivity index (χ1) is 9.63. The van der Waals surface area contributed by atoms with Gasteiger partial charge >= 0.3 is 0 Å². The topological polar surface area (TPSA) is 69.1 Å². The number of nitrogens with two attached hydrogens (primary N) is 1. The van der Waals surface area contributed by atoms with Crippen LogP contribution in [0.25, 0.3) is 10.9 Å². The molecule has 5 nitrogen and oxygen atoms in total. The highest BCUT2D eigenvalue weighted by Crippen LogP contribution is 2.16. The smallest absolute Gasteiger partial charge is 0.221 e. The molecule has 0 aliphatic heterocycles. The summed E-state index contributed by atoms with van der Waals surface area (Å²) < 4.78 is 15.3. The number of aromatic nitrogens is 3. The molecular formula is C14H12FN5. The molecule has 0 aliphatic carbocycles. The zero-order valence-electron chi connectivity index (χ0n) is 10.8. The highest BCUT2D eigenvalue weighted by Gasteiger charge is 2.04. The van der Waals surface area contributed by atoms with Crippen molar-refractivity contribution in [3.8, 4) is 0 Å². The van der Waals surface area contributed by atoms with Crippen LogP contribution in [0.2, 0.25) is 0 Å². The van der Waals surface area contributed by atoms with Crippen LogP contribution in [0.3, 0.4) is 0 Å². The molecule has 0 bridgehead atoms. The van der Waals surface area contributed by atoms with Crippen LogP contribution in [0.1, 0.15) is 11.3 Å². The van der Waals surface area contributed by atoms with E-state index in [2.05, 4.69) is 15.1 Å². The standard InChI is InChI=1S/C14H12FN5/c1-9-8-20(14(16)19-9)18-7-11-5-10-3-2-4-17-13(10)6-12(11)15/h2-8H,1H3,(H2,16,19). The van der Waals surface area contributed by atoms with E-state index in [1.165, 1.54) is 17.0 Å². The van der Waals surface area contributed by atoms with Crippen LogP contribution >= 0.6 is 0 Å². The molecule has 20 heavy (non-hydrogen) atoms. The van der Waals surface area contributed by atoms with Gasteiger partial charge in [0.05, 0.1) is 23.6 Å². The SMILES string of the molecule is Cc1cn(N=Cc2cc3cccnc3cc2F)c(N)n1. The molecule has 100 valence electrons. The fraction of sp³-hybridized carbons (Fsp3) is 0.0714. The lowest BCUT2D eigenvalue weighted by atomic mass is 10.1. The molecule has 0 unspecified atom stereocenters. The maximum Gasteiger partial charge on any atom is 0.221 e. The number of nitrogen functional groups attached to an aromatic ring is 1. The van der Waals surface area contributed by atoms with Gasteiger partial charge in [-0.1, -0.05) is 6.07 Å². The summed E-state index contributed by atoms with van der Waals surface area (Å²) in [5, 5.41) is 4.96. The molecule has 0 radical (unpaired) electrons. The summed E-state index contributed by atoms with van der Waals surface area (Å²) in [5.41, 5.74) is 7.40. The predicted molar refractivity (Wildman–Crippen MR) is 76.1 cm³/mol. The third-order valence-electron chi connectivity index (χ3n) is 2.88. The summed E-state index contributed by atoms with van der Waals surface area (Å²) in [6, 6.07) is 6.76. The average Bonchev–Trinajstić information content (AvgIpc) is 2.74. The van der Waals surface area contributed by atoms with E-state index in [1.54, 1.807) is 24.5 Å². The molecule has 3 aromatic rings. The van der Waals surface area contributed by atoms with Gasteiger partial charge in [-0.25, -0.2) is 14.1 Å². The molecular weight excluding hydrogens is 257 g/mol. The normalized spacial score (nSPS) is 11.5. The van der Waals surface area contributed by atoms with Crippen molar-refractivity contribution in [2.75, 3.05) is 5.73 Å². The van der Waals surface area contributed by atoms with Crippen molar-refractivity contribution in [2.45, 2.75) is 6.92 Å². The Morgan fingerprint density at radius 2 is 2.25 bits per heavy atom. The Labute approximate surface area is 114 Å². The summed E-state index contributed by atoms with van der Waals surface area (Å²) in [6.45, 7) is 1.81. The summed E-state index contributed by atoms with van der Waals surface area (Å²) in [6.07, 6.45) is 4.72. The number of halogens is 1. The number of aryl methyl sites for hydroxylation is 1. The number of fused-ring (bicyclic) bond motifs is 1. The van der Waals surface area contributed by atoms with Crippen LogP contribution in [0, 0.1) is 12.7 Å². The summed E-state index contributed by atoms with van der Waals surface area (Å²) >= 11 is 0. The second kappa shape index (κ2) is 4.73. The summed E-state index contributed by atoms with van der Waals surface area (Å²) in [7, 11) is 0. The van der Waals surface area contributed by atoms with Crippen molar-refractivity contribution in [3.05, 3.63) is 53.7 Å². The van der Waals surface area contributed by atoms with Crippen LogP contribution in [0.4, 0.5) is 10.3 Å². The number of anilines is 1. The lowest BCUT2D eigenvalue weighted by molar-refractivity contribution is 0.627. The van der Waals surface area contributed by atoms with Crippen molar-refractivity contribution < 1.29 is 4.39 Å². The number of rotatable bonds is 2. The van der Waals surface area contributed by atoms with E-state index in [1.807, 2.05) is 13.0 Å². The molecule has 0 aliphatic rings. The fourth-order valence-electron chi connectivity index (χ4n) is 1.93. The molecule has 2 N–H and O–H groups in total. The van der Waals surface area contributed by atoms with E-state index in [0.29, 0.717) is 11.1 Å². The Balaban J connectivity index is 2.02. The Morgan fingerprint density at radius 1 is 1.40 bits per heavy atom. The maximum atomic E-state index is 13.9. The van der Waals surface area contributed by atoms with Gasteiger partial charge in [-0.2, -0.15) is 5.10 Å². The monoisotopic (exact) mass is 269 g/mol. The third-order valence-corrected chi connectivity index (χ3v) is 2.88. The van der Waals surface area contributed by atoms with Crippen molar-refractivity contribution >= 4 is 23.1 Å². The van der Waals surface area contributed by atoms with Crippen LogP contribution in [-0.4, -0.2) is 20.9 Å². The van der Waals surface area contributed by atoms with Gasteiger partial charge in [-0.05, 0) is 19.1 Å². The van der Waals surface area contributed by atoms with Crippen molar-refractivity contribution in [3.63, 3.8) is 0 Å². The first-order valence-corrected chi connectivity index (χ1v) is 6.03. The molecule has 1 aromatic carbocycles. The van der Waals surface area contributed by atoms with Crippen LogP contribution < -0.4 is 5.73 Å². The van der Waals surface area contributed by atoms with E-state index in [9.17, 15) is 4.39 Å². The summed E-state index contributed by atoms with van der Waals surface area (Å²) in [5.74, 6) is -0.114. The van der Waals surface area contributed by atoms with Crippen LogP contribution in [0.5, 0.6) is 0 Å². The van der Waals surface area contributed by atoms with Gasteiger partial charge < -0.3 is 5.73 Å². The molecule has 2 heterocycles. The van der Waals surface area contributed by atoms with Crippen LogP contribution in [0.15, 0.2) is 41.8 Å². The minimum Gasteiger partial charge on any atom is -0.368 e. The Hall–Kier alpha value is -2.76. The van der Waals surface area contributed by atoms with Gasteiger partial charge in [0.15, 0.2) is 0 Å². The number of imidazole rings is 1. The molecule has 0 fully saturated rings. The molecule has 2 aromatic heterocycles. The third kappa shape index (κ3) is 2.23. The van der Waals surface area contributed by atoms with Gasteiger partial charge in [0.2, 0.25) is 5.95 Å².